The van der Waals surface area contributed by atoms with E-state index in [1.807, 2.05) is 19.4 Å². The zero-order valence-electron chi connectivity index (χ0n) is 6.95. The smallest absolute Gasteiger partial charge is 0.220 e. The van der Waals surface area contributed by atoms with E-state index in [-0.39, 0.29) is 5.91 Å². The summed E-state index contributed by atoms with van der Waals surface area (Å²) in [5.41, 5.74) is 1.15. The van der Waals surface area contributed by atoms with E-state index < -0.39 is 0 Å². The van der Waals surface area contributed by atoms with Crippen molar-refractivity contribution in [3.05, 3.63) is 18.0 Å². The molecule has 1 amide bonds. The summed E-state index contributed by atoms with van der Waals surface area (Å²) in [6.07, 6.45) is 4.39. The molecular formula is C8H11N3O. The Morgan fingerprint density at radius 2 is 2.58 bits per heavy atom. The third kappa shape index (κ3) is 1.20. The highest BCUT2D eigenvalue weighted by atomic mass is 16.1. The van der Waals surface area contributed by atoms with Gasteiger partial charge in [-0.3, -0.25) is 9.48 Å². The van der Waals surface area contributed by atoms with Gasteiger partial charge in [0.25, 0.3) is 0 Å². The van der Waals surface area contributed by atoms with Crippen LogP contribution in [0.1, 0.15) is 17.9 Å². The number of rotatable bonds is 1. The number of hydrogen-bond acceptors (Lipinski definition) is 2. The number of aromatic nitrogens is 2. The first-order valence-corrected chi connectivity index (χ1v) is 4.01. The third-order valence-electron chi connectivity index (χ3n) is 2.17. The average Bonchev–Trinajstić information content (AvgIpc) is 2.58. The zero-order chi connectivity index (χ0) is 8.55. The van der Waals surface area contributed by atoms with Crippen LogP contribution < -0.4 is 5.32 Å². The van der Waals surface area contributed by atoms with Crippen LogP contribution >= 0.6 is 0 Å². The van der Waals surface area contributed by atoms with Crippen molar-refractivity contribution < 1.29 is 4.79 Å². The van der Waals surface area contributed by atoms with Crippen molar-refractivity contribution in [1.29, 1.82) is 0 Å². The number of hydrogen-bond donors (Lipinski definition) is 1. The van der Waals surface area contributed by atoms with E-state index in [4.69, 9.17) is 0 Å². The van der Waals surface area contributed by atoms with Gasteiger partial charge in [-0.05, 0) is 5.56 Å². The standard InChI is InChI=1S/C8H11N3O/c1-11-5-7(4-10-11)6-2-8(12)9-3-6/h4-6H,2-3H2,1H3,(H,9,12). The van der Waals surface area contributed by atoms with Crippen molar-refractivity contribution in [3.63, 3.8) is 0 Å². The van der Waals surface area contributed by atoms with Crippen molar-refractivity contribution in [1.82, 2.24) is 15.1 Å². The summed E-state index contributed by atoms with van der Waals surface area (Å²) in [4.78, 5) is 10.9. The molecule has 0 aliphatic carbocycles. The number of nitrogens with one attached hydrogen (secondary N) is 1. The molecule has 0 aromatic carbocycles. The van der Waals surface area contributed by atoms with Crippen molar-refractivity contribution in [2.45, 2.75) is 12.3 Å². The predicted molar refractivity (Wildman–Crippen MR) is 43.6 cm³/mol. The summed E-state index contributed by atoms with van der Waals surface area (Å²) in [5.74, 6) is 0.468. The number of aryl methyl sites for hydroxylation is 1. The molecule has 1 saturated heterocycles. The maximum Gasteiger partial charge on any atom is 0.220 e. The van der Waals surface area contributed by atoms with Crippen LogP contribution in [-0.4, -0.2) is 22.2 Å². The molecule has 1 unspecified atom stereocenters. The van der Waals surface area contributed by atoms with Crippen LogP contribution in [0.5, 0.6) is 0 Å². The maximum atomic E-state index is 10.9. The minimum Gasteiger partial charge on any atom is -0.355 e. The fourth-order valence-electron chi connectivity index (χ4n) is 1.49. The van der Waals surface area contributed by atoms with Crippen LogP contribution in [-0.2, 0) is 11.8 Å². The average molecular weight is 165 g/mol. The number of carbonyl (C=O) groups excluding carboxylic acids is 1. The predicted octanol–water partition coefficient (Wildman–Crippen LogP) is 0.0236. The second-order valence-corrected chi connectivity index (χ2v) is 3.15. The molecular weight excluding hydrogens is 154 g/mol. The zero-order valence-corrected chi connectivity index (χ0v) is 6.95. The summed E-state index contributed by atoms with van der Waals surface area (Å²) >= 11 is 0. The Balaban J connectivity index is 2.15. The van der Waals surface area contributed by atoms with E-state index in [2.05, 4.69) is 10.4 Å². The van der Waals surface area contributed by atoms with Gasteiger partial charge >= 0.3 is 0 Å². The van der Waals surface area contributed by atoms with E-state index in [1.54, 1.807) is 4.68 Å². The van der Waals surface area contributed by atoms with E-state index in [9.17, 15) is 4.79 Å². The topological polar surface area (TPSA) is 46.9 Å². The van der Waals surface area contributed by atoms with Gasteiger partial charge in [-0.1, -0.05) is 0 Å². The monoisotopic (exact) mass is 165 g/mol. The molecule has 12 heavy (non-hydrogen) atoms. The maximum absolute atomic E-state index is 10.9. The van der Waals surface area contributed by atoms with Gasteiger partial charge in [-0.25, -0.2) is 0 Å². The van der Waals surface area contributed by atoms with E-state index in [0.717, 1.165) is 12.1 Å². The van der Waals surface area contributed by atoms with Gasteiger partial charge in [0.1, 0.15) is 0 Å². The largest absolute Gasteiger partial charge is 0.355 e. The molecule has 1 aromatic heterocycles. The summed E-state index contributed by atoms with van der Waals surface area (Å²) in [5, 5.41) is 6.87. The number of carbonyl (C=O) groups is 1. The molecule has 1 aliphatic rings. The lowest BCUT2D eigenvalue weighted by molar-refractivity contribution is -0.119. The summed E-state index contributed by atoms with van der Waals surface area (Å²) < 4.78 is 1.76. The van der Waals surface area contributed by atoms with Crippen LogP contribution in [0.2, 0.25) is 0 Å². The molecule has 0 radical (unpaired) electrons. The minimum absolute atomic E-state index is 0.142. The molecule has 0 bridgehead atoms. The molecule has 1 aromatic rings. The Kier molecular flexibility index (Phi) is 1.60. The van der Waals surface area contributed by atoms with Gasteiger partial charge in [0.2, 0.25) is 5.91 Å². The molecule has 2 rings (SSSR count). The van der Waals surface area contributed by atoms with Crippen LogP contribution in [0.4, 0.5) is 0 Å². The van der Waals surface area contributed by atoms with Gasteiger partial charge < -0.3 is 5.32 Å². The Morgan fingerprint density at radius 3 is 3.08 bits per heavy atom. The Morgan fingerprint density at radius 1 is 1.75 bits per heavy atom. The summed E-state index contributed by atoms with van der Waals surface area (Å²) in [6.45, 7) is 0.754. The second kappa shape index (κ2) is 2.62. The van der Waals surface area contributed by atoms with Gasteiger partial charge in [-0.15, -0.1) is 0 Å². The molecule has 2 heterocycles. The second-order valence-electron chi connectivity index (χ2n) is 3.15. The lowest BCUT2D eigenvalue weighted by Gasteiger charge is -2.00. The Labute approximate surface area is 70.6 Å². The van der Waals surface area contributed by atoms with Crippen LogP contribution in [0, 0.1) is 0 Å². The van der Waals surface area contributed by atoms with Crippen molar-refractivity contribution in [2.24, 2.45) is 7.05 Å². The minimum atomic E-state index is 0.142. The van der Waals surface area contributed by atoms with Gasteiger partial charge in [0, 0.05) is 32.1 Å². The van der Waals surface area contributed by atoms with Crippen molar-refractivity contribution in [3.8, 4) is 0 Å². The van der Waals surface area contributed by atoms with Crippen LogP contribution in [0.25, 0.3) is 0 Å². The normalized spacial score (nSPS) is 22.8. The molecule has 64 valence electrons. The van der Waals surface area contributed by atoms with E-state index in [1.165, 1.54) is 0 Å². The SMILES string of the molecule is Cn1cc(C2CNC(=O)C2)cn1. The molecule has 1 atom stereocenters. The fraction of sp³-hybridized carbons (Fsp3) is 0.500. The quantitative estimate of drug-likeness (QED) is 0.638. The first-order valence-electron chi connectivity index (χ1n) is 4.01. The molecule has 4 nitrogen and oxygen atoms in total. The van der Waals surface area contributed by atoms with Gasteiger partial charge in [0.05, 0.1) is 6.20 Å². The fourth-order valence-corrected chi connectivity index (χ4v) is 1.49. The van der Waals surface area contributed by atoms with Gasteiger partial charge in [0.15, 0.2) is 0 Å². The van der Waals surface area contributed by atoms with Crippen molar-refractivity contribution in [2.75, 3.05) is 6.54 Å². The molecule has 4 heteroatoms. The molecule has 0 spiro atoms. The lowest BCUT2D eigenvalue weighted by atomic mass is 10.0. The summed E-state index contributed by atoms with van der Waals surface area (Å²) in [6, 6.07) is 0. The molecule has 0 saturated carbocycles. The number of amides is 1. The van der Waals surface area contributed by atoms with Crippen LogP contribution in [0.15, 0.2) is 12.4 Å². The highest BCUT2D eigenvalue weighted by Crippen LogP contribution is 2.21. The third-order valence-corrected chi connectivity index (χ3v) is 2.17. The van der Waals surface area contributed by atoms with Crippen molar-refractivity contribution >= 4 is 5.91 Å². The lowest BCUT2D eigenvalue weighted by Crippen LogP contribution is -2.13. The molecule has 1 N–H and O–H groups in total. The van der Waals surface area contributed by atoms with E-state index >= 15 is 0 Å². The summed E-state index contributed by atoms with van der Waals surface area (Å²) in [7, 11) is 1.88. The number of nitrogens with zero attached hydrogens (tertiary/aromatic N) is 2. The highest BCUT2D eigenvalue weighted by molar-refractivity contribution is 5.79. The molecule has 1 aliphatic heterocycles. The first-order chi connectivity index (χ1) is 5.75. The first kappa shape index (κ1) is 7.34. The molecule has 1 fully saturated rings. The van der Waals surface area contributed by atoms with Crippen LogP contribution in [0.3, 0.4) is 0 Å². The Hall–Kier alpha value is -1.32. The van der Waals surface area contributed by atoms with Gasteiger partial charge in [-0.2, -0.15) is 5.10 Å². The van der Waals surface area contributed by atoms with E-state index in [0.29, 0.717) is 12.3 Å². The Bertz CT molecular complexity index is 305. The highest BCUT2D eigenvalue weighted by Gasteiger charge is 2.23.